The first-order valence-corrected chi connectivity index (χ1v) is 6.61. The third kappa shape index (κ3) is 2.31. The molecule has 0 aromatic carbocycles. The van der Waals surface area contributed by atoms with E-state index in [-0.39, 0.29) is 13.1 Å². The molecule has 0 aliphatic carbocycles. The van der Waals surface area contributed by atoms with E-state index in [4.69, 9.17) is 4.74 Å². The molecule has 15 heavy (non-hydrogen) atoms. The van der Waals surface area contributed by atoms with Crippen LogP contribution in [0.1, 0.15) is 20.8 Å². The molecule has 0 spiro atoms. The van der Waals surface area contributed by atoms with Crippen LogP contribution in [0.25, 0.3) is 0 Å². The van der Waals surface area contributed by atoms with Gasteiger partial charge in [0.15, 0.2) is 14.6 Å². The highest BCUT2D eigenvalue weighted by molar-refractivity contribution is 7.93. The molecule has 1 aliphatic heterocycles. The van der Waals surface area contributed by atoms with Crippen LogP contribution < -0.4 is 5.32 Å². The van der Waals surface area contributed by atoms with E-state index in [1.54, 1.807) is 20.8 Å². The van der Waals surface area contributed by atoms with Crippen molar-refractivity contribution < 1.29 is 17.9 Å². The van der Waals surface area contributed by atoms with Crippen LogP contribution in [0, 0.1) is 0 Å². The molecule has 1 saturated heterocycles. The maximum atomic E-state index is 11.8. The number of sulfone groups is 1. The molecule has 6 heteroatoms. The summed E-state index contributed by atoms with van der Waals surface area (Å²) in [5.74, 6) is -0.656. The summed E-state index contributed by atoms with van der Waals surface area (Å²) in [7, 11) is -3.44. The predicted molar refractivity (Wildman–Crippen MR) is 56.3 cm³/mol. The van der Waals surface area contributed by atoms with Crippen LogP contribution in [0.4, 0.5) is 0 Å². The zero-order chi connectivity index (χ0) is 11.9. The van der Waals surface area contributed by atoms with Crippen molar-refractivity contribution in [2.24, 2.45) is 0 Å². The van der Waals surface area contributed by atoms with Gasteiger partial charge in [-0.25, -0.2) is 8.42 Å². The minimum absolute atomic E-state index is 0.140. The van der Waals surface area contributed by atoms with Gasteiger partial charge >= 0.3 is 5.97 Å². The van der Waals surface area contributed by atoms with Crippen molar-refractivity contribution in [1.29, 1.82) is 0 Å². The summed E-state index contributed by atoms with van der Waals surface area (Å²) < 4.78 is 26.8. The van der Waals surface area contributed by atoms with Crippen molar-refractivity contribution >= 4 is 15.8 Å². The Labute approximate surface area is 90.1 Å². The molecule has 1 rings (SSSR count). The molecule has 0 aromatic heterocycles. The number of hydrogen-bond donors (Lipinski definition) is 1. The molecule has 0 aromatic rings. The lowest BCUT2D eigenvalue weighted by Crippen LogP contribution is -2.69. The molecule has 0 saturated carbocycles. The normalized spacial score (nSPS) is 20.5. The Balaban J connectivity index is 2.90. The van der Waals surface area contributed by atoms with Gasteiger partial charge in [-0.1, -0.05) is 0 Å². The highest BCUT2D eigenvalue weighted by atomic mass is 32.2. The van der Waals surface area contributed by atoms with Gasteiger partial charge in [0.25, 0.3) is 0 Å². The minimum atomic E-state index is -3.44. The third-order valence-corrected chi connectivity index (χ3v) is 4.18. The van der Waals surface area contributed by atoms with Crippen molar-refractivity contribution in [2.45, 2.75) is 31.1 Å². The Hall–Kier alpha value is -0.620. The number of carbonyl (C=O) groups excluding carboxylic acids is 1. The van der Waals surface area contributed by atoms with Crippen LogP contribution >= 0.6 is 0 Å². The minimum Gasteiger partial charge on any atom is -0.459 e. The second-order valence-electron chi connectivity index (χ2n) is 4.87. The molecular weight excluding hydrogens is 218 g/mol. The molecule has 1 fully saturated rings. The largest absolute Gasteiger partial charge is 0.459 e. The van der Waals surface area contributed by atoms with Gasteiger partial charge in [0.2, 0.25) is 0 Å². The fraction of sp³-hybridized carbons (Fsp3) is 0.889. The van der Waals surface area contributed by atoms with Gasteiger partial charge in [-0.2, -0.15) is 0 Å². The van der Waals surface area contributed by atoms with Gasteiger partial charge in [-0.3, -0.25) is 4.79 Å². The highest BCUT2D eigenvalue weighted by Gasteiger charge is 2.55. The highest BCUT2D eigenvalue weighted by Crippen LogP contribution is 2.25. The zero-order valence-electron chi connectivity index (χ0n) is 9.46. The number of esters is 1. The number of rotatable bonds is 2. The van der Waals surface area contributed by atoms with Crippen LogP contribution in [-0.2, 0) is 19.4 Å². The quantitative estimate of drug-likeness (QED) is 0.666. The summed E-state index contributed by atoms with van der Waals surface area (Å²) in [6, 6.07) is 0. The maximum absolute atomic E-state index is 11.8. The smallest absolute Gasteiger partial charge is 0.330 e. The van der Waals surface area contributed by atoms with Gasteiger partial charge in [0.05, 0.1) is 0 Å². The van der Waals surface area contributed by atoms with Crippen LogP contribution in [0.15, 0.2) is 0 Å². The molecule has 5 nitrogen and oxygen atoms in total. The lowest BCUT2D eigenvalue weighted by atomic mass is 10.0. The van der Waals surface area contributed by atoms with E-state index in [9.17, 15) is 13.2 Å². The van der Waals surface area contributed by atoms with Crippen LogP contribution in [0.2, 0.25) is 0 Å². The summed E-state index contributed by atoms with van der Waals surface area (Å²) in [6.45, 7) is 5.43. The van der Waals surface area contributed by atoms with E-state index in [1.807, 2.05) is 0 Å². The molecule has 0 atom stereocenters. The van der Waals surface area contributed by atoms with Gasteiger partial charge < -0.3 is 10.1 Å². The monoisotopic (exact) mass is 235 g/mol. The summed E-state index contributed by atoms with van der Waals surface area (Å²) in [5.41, 5.74) is -0.662. The lowest BCUT2D eigenvalue weighted by Gasteiger charge is -2.39. The second-order valence-corrected chi connectivity index (χ2v) is 7.20. The SMILES string of the molecule is CC(C)(C)OC(=O)C1(S(C)(=O)=O)CNC1. The number of nitrogens with one attached hydrogen (secondary N) is 1. The second kappa shape index (κ2) is 3.45. The summed E-state index contributed by atoms with van der Waals surface area (Å²) in [4.78, 5) is 11.8. The van der Waals surface area contributed by atoms with Crippen molar-refractivity contribution in [3.63, 3.8) is 0 Å². The van der Waals surface area contributed by atoms with Crippen LogP contribution in [-0.4, -0.2) is 44.1 Å². The molecule has 1 N–H and O–H groups in total. The first kappa shape index (κ1) is 12.4. The van der Waals surface area contributed by atoms with Crippen LogP contribution in [0.3, 0.4) is 0 Å². The van der Waals surface area contributed by atoms with E-state index in [2.05, 4.69) is 5.32 Å². The topological polar surface area (TPSA) is 72.5 Å². The maximum Gasteiger partial charge on any atom is 0.330 e. The average molecular weight is 235 g/mol. The Morgan fingerprint density at radius 2 is 1.80 bits per heavy atom. The van der Waals surface area contributed by atoms with Gasteiger partial charge in [0.1, 0.15) is 5.60 Å². The van der Waals surface area contributed by atoms with Gasteiger partial charge in [-0.15, -0.1) is 0 Å². The molecule has 88 valence electrons. The van der Waals surface area contributed by atoms with E-state index in [0.29, 0.717) is 0 Å². The molecule has 0 unspecified atom stereocenters. The summed E-state index contributed by atoms with van der Waals surface area (Å²) >= 11 is 0. The van der Waals surface area contributed by atoms with Crippen molar-refractivity contribution in [3.8, 4) is 0 Å². The first-order valence-electron chi connectivity index (χ1n) is 4.72. The van der Waals surface area contributed by atoms with E-state index in [1.165, 1.54) is 0 Å². The average Bonchev–Trinajstić information content (AvgIpc) is 1.72. The Bertz CT molecular complexity index is 362. The lowest BCUT2D eigenvalue weighted by molar-refractivity contribution is -0.159. The molecule has 0 bridgehead atoms. The van der Waals surface area contributed by atoms with Gasteiger partial charge in [0, 0.05) is 19.3 Å². The van der Waals surface area contributed by atoms with E-state index in [0.717, 1.165) is 6.26 Å². The first-order chi connectivity index (χ1) is 6.58. The number of carbonyl (C=O) groups is 1. The third-order valence-electron chi connectivity index (χ3n) is 2.30. The molecule has 1 aliphatic rings. The molecule has 0 radical (unpaired) electrons. The standard InChI is InChI=1S/C9H17NO4S/c1-8(2,3)14-7(11)9(5-10-6-9)15(4,12)13/h10H,5-6H2,1-4H3. The molecular formula is C9H17NO4S. The van der Waals surface area contributed by atoms with E-state index < -0.39 is 26.2 Å². The van der Waals surface area contributed by atoms with E-state index >= 15 is 0 Å². The molecule has 1 heterocycles. The van der Waals surface area contributed by atoms with Crippen molar-refractivity contribution in [1.82, 2.24) is 5.32 Å². The summed E-state index contributed by atoms with van der Waals surface area (Å²) in [6.07, 6.45) is 1.07. The molecule has 0 amide bonds. The number of hydrogen-bond acceptors (Lipinski definition) is 5. The van der Waals surface area contributed by atoms with Crippen molar-refractivity contribution in [3.05, 3.63) is 0 Å². The predicted octanol–water partition coefficient (Wildman–Crippen LogP) is -0.285. The number of ether oxygens (including phenoxy) is 1. The van der Waals surface area contributed by atoms with Crippen molar-refractivity contribution in [2.75, 3.05) is 19.3 Å². The fourth-order valence-electron chi connectivity index (χ4n) is 1.28. The summed E-state index contributed by atoms with van der Waals surface area (Å²) in [5, 5.41) is 2.80. The Kier molecular flexibility index (Phi) is 2.86. The van der Waals surface area contributed by atoms with Crippen LogP contribution in [0.5, 0.6) is 0 Å². The van der Waals surface area contributed by atoms with Gasteiger partial charge in [-0.05, 0) is 20.8 Å². The fourth-order valence-corrected chi connectivity index (χ4v) is 2.35. The Morgan fingerprint density at radius 1 is 1.33 bits per heavy atom. The zero-order valence-corrected chi connectivity index (χ0v) is 10.3. The Morgan fingerprint density at radius 3 is 2.00 bits per heavy atom.